The third-order valence-corrected chi connectivity index (χ3v) is 7.48. The molecule has 1 saturated heterocycles. The number of morpholine rings is 1. The number of benzene rings is 1. The molecule has 4 rings (SSSR count). The molecule has 0 bridgehead atoms. The Morgan fingerprint density at radius 1 is 1.32 bits per heavy atom. The van der Waals surface area contributed by atoms with Crippen LogP contribution in [0.3, 0.4) is 0 Å². The molecule has 0 saturated carbocycles. The van der Waals surface area contributed by atoms with Crippen molar-refractivity contribution in [3.63, 3.8) is 0 Å². The normalized spacial score (nSPS) is 18.2. The highest BCUT2D eigenvalue weighted by molar-refractivity contribution is 8.00. The number of ether oxygens (including phenoxy) is 1. The van der Waals surface area contributed by atoms with Gasteiger partial charge in [-0.25, -0.2) is 9.37 Å². The van der Waals surface area contributed by atoms with E-state index in [-0.39, 0.29) is 23.7 Å². The van der Waals surface area contributed by atoms with Crippen molar-refractivity contribution in [2.45, 2.75) is 25.9 Å². The highest BCUT2D eigenvalue weighted by Crippen LogP contribution is 2.28. The molecule has 2 aromatic rings. The number of nitrogens with one attached hydrogen (secondary N) is 1. The lowest BCUT2D eigenvalue weighted by molar-refractivity contribution is -0.119. The lowest BCUT2D eigenvalue weighted by Crippen LogP contribution is -2.40. The second kappa shape index (κ2) is 13.4. The minimum atomic E-state index is -0.276. The lowest BCUT2D eigenvalue weighted by Gasteiger charge is -2.32. The molecule has 2 atom stereocenters. The smallest absolute Gasteiger partial charge is 0.230 e. The quantitative estimate of drug-likeness (QED) is 0.344. The number of hydrogen-bond donors (Lipinski definition) is 1. The van der Waals surface area contributed by atoms with Crippen LogP contribution in [-0.2, 0) is 16.1 Å². The highest BCUT2D eigenvalue weighted by atomic mass is 32.2. The van der Waals surface area contributed by atoms with Crippen LogP contribution in [0, 0.1) is 11.7 Å². The van der Waals surface area contributed by atoms with Crippen molar-refractivity contribution in [3.05, 3.63) is 77.9 Å². The maximum atomic E-state index is 13.4. The molecule has 2 heterocycles. The number of carbonyl (C=O) groups excluding carboxylic acids is 1. The van der Waals surface area contributed by atoms with Crippen LogP contribution in [0.2, 0.25) is 0 Å². The Morgan fingerprint density at radius 2 is 2.11 bits per heavy atom. The molecule has 1 aliphatic carbocycles. The fraction of sp³-hybridized carbons (Fsp3) is 0.393. The molecule has 1 amide bonds. The second-order valence-electron chi connectivity index (χ2n) is 9.15. The minimum absolute atomic E-state index is 0.00122. The third kappa shape index (κ3) is 7.66. The highest BCUT2D eigenvalue weighted by Gasteiger charge is 2.21. The molecule has 1 N–H and O–H groups in total. The predicted octanol–water partition coefficient (Wildman–Crippen LogP) is 4.55. The molecule has 0 spiro atoms. The Kier molecular flexibility index (Phi) is 9.73. The van der Waals surface area contributed by atoms with Crippen molar-refractivity contribution in [2.24, 2.45) is 10.9 Å². The summed E-state index contributed by atoms with van der Waals surface area (Å²) < 4.78 is 18.8. The van der Waals surface area contributed by atoms with Crippen LogP contribution in [0.4, 0.5) is 15.9 Å². The first-order chi connectivity index (χ1) is 18.0. The molecule has 1 aliphatic heterocycles. The molecule has 7 nitrogen and oxygen atoms in total. The van der Waals surface area contributed by atoms with Crippen LogP contribution in [0.15, 0.2) is 71.5 Å². The number of aliphatic imine (C=N–C) groups is 1. The van der Waals surface area contributed by atoms with E-state index in [0.717, 1.165) is 38.3 Å². The number of anilines is 1. The number of halogens is 1. The summed E-state index contributed by atoms with van der Waals surface area (Å²) in [6.45, 7) is 9.60. The second-order valence-corrected chi connectivity index (χ2v) is 10.1. The minimum Gasteiger partial charge on any atom is -0.378 e. The Hall–Kier alpha value is -3.17. The van der Waals surface area contributed by atoms with Crippen molar-refractivity contribution < 1.29 is 13.9 Å². The van der Waals surface area contributed by atoms with E-state index in [0.29, 0.717) is 29.7 Å². The molecular weight excluding hydrogens is 489 g/mol. The van der Waals surface area contributed by atoms with E-state index in [2.05, 4.69) is 52.1 Å². The van der Waals surface area contributed by atoms with Gasteiger partial charge >= 0.3 is 0 Å². The van der Waals surface area contributed by atoms with Crippen molar-refractivity contribution in [1.82, 2.24) is 15.2 Å². The zero-order valence-electron chi connectivity index (χ0n) is 21.2. The van der Waals surface area contributed by atoms with Gasteiger partial charge in [0, 0.05) is 43.5 Å². The van der Waals surface area contributed by atoms with Crippen LogP contribution in [0.1, 0.15) is 18.9 Å². The molecule has 37 heavy (non-hydrogen) atoms. The van der Waals surface area contributed by atoms with Gasteiger partial charge in [-0.15, -0.1) is 11.8 Å². The fourth-order valence-electron chi connectivity index (χ4n) is 4.45. The van der Waals surface area contributed by atoms with Crippen LogP contribution >= 0.6 is 11.8 Å². The van der Waals surface area contributed by atoms with Gasteiger partial charge in [0.15, 0.2) is 5.82 Å². The standard InChI is InChI=1S/C28H34FN5O2S/c1-21(23-7-11-25(12-8-23)33-14-16-36-17-15-33)32-27(35)19-37-20-34(18-22-5-9-24(29)10-6-22)28-26(30-2)4-3-13-31-28/h3-7,9-13,21,23H,2,8,14-20H2,1H3,(H,32,35). The molecule has 9 heteroatoms. The zero-order valence-corrected chi connectivity index (χ0v) is 22.0. The summed E-state index contributed by atoms with van der Waals surface area (Å²) in [5.41, 5.74) is 2.85. The van der Waals surface area contributed by atoms with Crippen LogP contribution in [-0.4, -0.2) is 66.5 Å². The molecular formula is C28H34FN5O2S. The molecule has 2 aliphatic rings. The van der Waals surface area contributed by atoms with Crippen LogP contribution < -0.4 is 10.2 Å². The van der Waals surface area contributed by atoms with Gasteiger partial charge in [-0.3, -0.25) is 9.79 Å². The summed E-state index contributed by atoms with van der Waals surface area (Å²) in [4.78, 5) is 25.7. The van der Waals surface area contributed by atoms with E-state index in [1.165, 1.54) is 29.6 Å². The predicted molar refractivity (Wildman–Crippen MR) is 149 cm³/mol. The number of rotatable bonds is 11. The number of hydrogen-bond acceptors (Lipinski definition) is 7. The summed E-state index contributed by atoms with van der Waals surface area (Å²) >= 11 is 1.50. The Bertz CT molecular complexity index is 1120. The van der Waals surface area contributed by atoms with Crippen LogP contribution in [0.25, 0.3) is 0 Å². The average Bonchev–Trinajstić information content (AvgIpc) is 2.94. The van der Waals surface area contributed by atoms with E-state index in [4.69, 9.17) is 4.74 Å². The number of nitrogens with zero attached hydrogens (tertiary/aromatic N) is 4. The average molecular weight is 524 g/mol. The van der Waals surface area contributed by atoms with Gasteiger partial charge in [-0.1, -0.05) is 24.3 Å². The first-order valence-corrected chi connectivity index (χ1v) is 13.7. The van der Waals surface area contributed by atoms with Gasteiger partial charge in [-0.05, 0) is 56.0 Å². The summed E-state index contributed by atoms with van der Waals surface area (Å²) in [6.07, 6.45) is 9.25. The zero-order chi connectivity index (χ0) is 26.0. The first-order valence-electron chi connectivity index (χ1n) is 12.5. The Balaban J connectivity index is 1.29. The number of aromatic nitrogens is 1. The van der Waals surface area contributed by atoms with Crippen molar-refractivity contribution in [2.75, 3.05) is 42.8 Å². The monoisotopic (exact) mass is 523 g/mol. The fourth-order valence-corrected chi connectivity index (χ4v) is 5.25. The van der Waals surface area contributed by atoms with Gasteiger partial charge in [-0.2, -0.15) is 0 Å². The van der Waals surface area contributed by atoms with E-state index >= 15 is 0 Å². The molecule has 1 aromatic carbocycles. The van der Waals surface area contributed by atoms with E-state index in [9.17, 15) is 9.18 Å². The lowest BCUT2D eigenvalue weighted by atomic mass is 9.92. The summed E-state index contributed by atoms with van der Waals surface area (Å²) in [6, 6.07) is 10.1. The van der Waals surface area contributed by atoms with Gasteiger partial charge in [0.2, 0.25) is 5.91 Å². The van der Waals surface area contributed by atoms with E-state index in [1.54, 1.807) is 18.3 Å². The first kappa shape index (κ1) is 26.9. The summed E-state index contributed by atoms with van der Waals surface area (Å²) in [7, 11) is 0. The molecule has 1 fully saturated rings. The summed E-state index contributed by atoms with van der Waals surface area (Å²) in [5.74, 6) is 1.51. The van der Waals surface area contributed by atoms with Gasteiger partial charge in [0.05, 0.1) is 24.8 Å². The van der Waals surface area contributed by atoms with Crippen molar-refractivity contribution >= 4 is 35.9 Å². The maximum absolute atomic E-state index is 13.4. The van der Waals surface area contributed by atoms with Crippen molar-refractivity contribution in [1.29, 1.82) is 0 Å². The maximum Gasteiger partial charge on any atom is 0.230 e. The van der Waals surface area contributed by atoms with E-state index in [1.807, 2.05) is 17.0 Å². The van der Waals surface area contributed by atoms with Crippen molar-refractivity contribution in [3.8, 4) is 0 Å². The number of carbonyl (C=O) groups is 1. The molecule has 1 aromatic heterocycles. The summed E-state index contributed by atoms with van der Waals surface area (Å²) in [5, 5.41) is 3.16. The van der Waals surface area contributed by atoms with Gasteiger partial charge in [0.1, 0.15) is 11.5 Å². The number of thioether (sulfide) groups is 1. The van der Waals surface area contributed by atoms with E-state index < -0.39 is 0 Å². The molecule has 2 unspecified atom stereocenters. The van der Waals surface area contributed by atoms with Crippen LogP contribution in [0.5, 0.6) is 0 Å². The Labute approximate surface area is 222 Å². The third-order valence-electron chi connectivity index (χ3n) is 6.52. The number of pyridine rings is 1. The largest absolute Gasteiger partial charge is 0.378 e. The Morgan fingerprint density at radius 3 is 2.81 bits per heavy atom. The topological polar surface area (TPSA) is 70.1 Å². The molecule has 196 valence electrons. The van der Waals surface area contributed by atoms with Gasteiger partial charge < -0.3 is 19.9 Å². The van der Waals surface area contributed by atoms with Gasteiger partial charge in [0.25, 0.3) is 0 Å². The number of allylic oxidation sites excluding steroid dienone is 2. The number of amides is 1. The molecule has 0 radical (unpaired) electrons. The SMILES string of the molecule is C=Nc1cccnc1N(CSCC(=O)NC(C)C1C=CC(N2CCOCC2)=CC1)Cc1ccc(F)cc1.